The SMILES string of the molecule is CCc1ccccc1N(OC)OC. The van der Waals surface area contributed by atoms with Gasteiger partial charge in [-0.3, -0.25) is 9.68 Å². The summed E-state index contributed by atoms with van der Waals surface area (Å²) in [7, 11) is 3.16. The van der Waals surface area contributed by atoms with E-state index in [0.29, 0.717) is 0 Å². The Morgan fingerprint density at radius 2 is 1.77 bits per heavy atom. The van der Waals surface area contributed by atoms with E-state index >= 15 is 0 Å². The van der Waals surface area contributed by atoms with Crippen LogP contribution in [0, 0.1) is 0 Å². The van der Waals surface area contributed by atoms with E-state index in [0.717, 1.165) is 12.1 Å². The fraction of sp³-hybridized carbons (Fsp3) is 0.400. The first-order chi connectivity index (χ1) is 6.33. The summed E-state index contributed by atoms with van der Waals surface area (Å²) < 4.78 is 0. The normalized spacial score (nSPS) is 10.1. The molecule has 1 rings (SSSR count). The summed E-state index contributed by atoms with van der Waals surface area (Å²) in [5, 5.41) is 1.40. The molecule has 0 spiro atoms. The lowest BCUT2D eigenvalue weighted by Gasteiger charge is -2.20. The predicted octanol–water partition coefficient (Wildman–Crippen LogP) is 2.18. The number of rotatable bonds is 4. The first-order valence-electron chi connectivity index (χ1n) is 4.29. The molecule has 0 fully saturated rings. The van der Waals surface area contributed by atoms with Crippen LogP contribution in [-0.2, 0) is 16.1 Å². The quantitative estimate of drug-likeness (QED) is 0.664. The Kier molecular flexibility index (Phi) is 3.73. The second-order valence-electron chi connectivity index (χ2n) is 2.60. The minimum absolute atomic E-state index is 0.954. The van der Waals surface area contributed by atoms with Crippen LogP contribution in [0.1, 0.15) is 12.5 Å². The Morgan fingerprint density at radius 3 is 2.31 bits per heavy atom. The van der Waals surface area contributed by atoms with Crippen molar-refractivity contribution in [3.05, 3.63) is 29.8 Å². The summed E-state index contributed by atoms with van der Waals surface area (Å²) in [5.41, 5.74) is 2.15. The largest absolute Gasteiger partial charge is 0.252 e. The summed E-state index contributed by atoms with van der Waals surface area (Å²) in [6, 6.07) is 7.98. The molecular weight excluding hydrogens is 166 g/mol. The molecule has 72 valence electrons. The molecule has 3 nitrogen and oxygen atoms in total. The van der Waals surface area contributed by atoms with Gasteiger partial charge in [-0.25, -0.2) is 0 Å². The van der Waals surface area contributed by atoms with Gasteiger partial charge in [0.2, 0.25) is 0 Å². The van der Waals surface area contributed by atoms with Gasteiger partial charge < -0.3 is 0 Å². The Labute approximate surface area is 78.8 Å². The predicted molar refractivity (Wildman–Crippen MR) is 52.3 cm³/mol. The van der Waals surface area contributed by atoms with E-state index < -0.39 is 0 Å². The van der Waals surface area contributed by atoms with E-state index in [4.69, 9.17) is 9.68 Å². The number of aryl methyl sites for hydroxylation is 1. The van der Waals surface area contributed by atoms with Crippen LogP contribution in [0.3, 0.4) is 0 Å². The minimum Gasteiger partial charge on any atom is -0.252 e. The number of anilines is 1. The smallest absolute Gasteiger partial charge is 0.0978 e. The third kappa shape index (κ3) is 2.20. The molecule has 3 heteroatoms. The number of nitrogens with zero attached hydrogens (tertiary/aromatic N) is 1. The van der Waals surface area contributed by atoms with Gasteiger partial charge in [0, 0.05) is 0 Å². The van der Waals surface area contributed by atoms with Crippen LogP contribution in [0.25, 0.3) is 0 Å². The van der Waals surface area contributed by atoms with Crippen molar-refractivity contribution in [3.8, 4) is 0 Å². The highest BCUT2D eigenvalue weighted by Gasteiger charge is 2.07. The summed E-state index contributed by atoms with van der Waals surface area (Å²) in [4.78, 5) is 10.1. The maximum atomic E-state index is 5.04. The molecule has 0 aliphatic heterocycles. The van der Waals surface area contributed by atoms with Gasteiger partial charge in [-0.1, -0.05) is 25.1 Å². The van der Waals surface area contributed by atoms with Crippen molar-refractivity contribution in [1.82, 2.24) is 0 Å². The van der Waals surface area contributed by atoms with Gasteiger partial charge in [-0.2, -0.15) is 0 Å². The maximum Gasteiger partial charge on any atom is 0.0978 e. The molecule has 0 saturated heterocycles. The van der Waals surface area contributed by atoms with Crippen LogP contribution in [0.15, 0.2) is 24.3 Å². The van der Waals surface area contributed by atoms with Crippen molar-refractivity contribution in [1.29, 1.82) is 0 Å². The van der Waals surface area contributed by atoms with Gasteiger partial charge in [-0.15, -0.1) is 5.23 Å². The van der Waals surface area contributed by atoms with Crippen LogP contribution in [-0.4, -0.2) is 14.2 Å². The highest BCUT2D eigenvalue weighted by Crippen LogP contribution is 2.20. The van der Waals surface area contributed by atoms with Gasteiger partial charge in [0.1, 0.15) is 0 Å². The Morgan fingerprint density at radius 1 is 1.15 bits per heavy atom. The summed E-state index contributed by atoms with van der Waals surface area (Å²) in [6.45, 7) is 2.10. The molecule has 0 radical (unpaired) electrons. The molecule has 0 unspecified atom stereocenters. The van der Waals surface area contributed by atoms with Gasteiger partial charge in [0.15, 0.2) is 0 Å². The summed E-state index contributed by atoms with van der Waals surface area (Å²) in [6.07, 6.45) is 0.958. The van der Waals surface area contributed by atoms with E-state index in [2.05, 4.69) is 13.0 Å². The summed E-state index contributed by atoms with van der Waals surface area (Å²) >= 11 is 0. The Hall–Kier alpha value is -1.06. The van der Waals surface area contributed by atoms with Gasteiger partial charge in [0.05, 0.1) is 19.9 Å². The molecule has 0 atom stereocenters. The van der Waals surface area contributed by atoms with E-state index in [1.807, 2.05) is 18.2 Å². The van der Waals surface area contributed by atoms with Crippen molar-refractivity contribution in [3.63, 3.8) is 0 Å². The Balaban J connectivity index is 2.96. The first kappa shape index (κ1) is 10.0. The van der Waals surface area contributed by atoms with Crippen molar-refractivity contribution in [2.24, 2.45) is 0 Å². The molecule has 0 amide bonds. The third-order valence-electron chi connectivity index (χ3n) is 1.90. The molecular formula is C10H15NO2. The van der Waals surface area contributed by atoms with E-state index in [9.17, 15) is 0 Å². The van der Waals surface area contributed by atoms with E-state index in [1.54, 1.807) is 14.2 Å². The van der Waals surface area contributed by atoms with Crippen LogP contribution in [0.4, 0.5) is 5.69 Å². The molecule has 1 aromatic carbocycles. The zero-order chi connectivity index (χ0) is 9.68. The molecule has 13 heavy (non-hydrogen) atoms. The van der Waals surface area contributed by atoms with Gasteiger partial charge >= 0.3 is 0 Å². The monoisotopic (exact) mass is 181 g/mol. The average Bonchev–Trinajstić information content (AvgIpc) is 2.20. The van der Waals surface area contributed by atoms with Crippen LogP contribution in [0.5, 0.6) is 0 Å². The minimum atomic E-state index is 0.954. The topological polar surface area (TPSA) is 21.7 Å². The molecule has 0 heterocycles. The van der Waals surface area contributed by atoms with Crippen LogP contribution < -0.4 is 5.23 Å². The number of hydrogen-bond donors (Lipinski definition) is 0. The van der Waals surface area contributed by atoms with Crippen molar-refractivity contribution >= 4 is 5.69 Å². The first-order valence-corrected chi connectivity index (χ1v) is 4.29. The zero-order valence-electron chi connectivity index (χ0n) is 8.28. The highest BCUT2D eigenvalue weighted by molar-refractivity contribution is 5.49. The molecule has 0 N–H and O–H groups in total. The fourth-order valence-corrected chi connectivity index (χ4v) is 1.26. The van der Waals surface area contributed by atoms with E-state index in [-0.39, 0.29) is 0 Å². The van der Waals surface area contributed by atoms with E-state index in [1.165, 1.54) is 10.8 Å². The molecule has 0 aliphatic carbocycles. The molecule has 0 aromatic heterocycles. The lowest BCUT2D eigenvalue weighted by molar-refractivity contribution is -0.0436. The van der Waals surface area contributed by atoms with Crippen LogP contribution >= 0.6 is 0 Å². The fourth-order valence-electron chi connectivity index (χ4n) is 1.26. The second kappa shape index (κ2) is 4.84. The highest BCUT2D eigenvalue weighted by atomic mass is 16.9. The van der Waals surface area contributed by atoms with Gasteiger partial charge in [0.25, 0.3) is 0 Å². The maximum absolute atomic E-state index is 5.04. The lowest BCUT2D eigenvalue weighted by Crippen LogP contribution is -2.20. The van der Waals surface area contributed by atoms with Crippen molar-refractivity contribution in [2.45, 2.75) is 13.3 Å². The molecule has 0 bridgehead atoms. The standard InChI is InChI=1S/C10H15NO2/c1-4-9-7-5-6-8-10(9)11(12-2)13-3/h5-8H,4H2,1-3H3. The molecule has 0 saturated carbocycles. The number of para-hydroxylation sites is 1. The molecule has 0 aliphatic rings. The average molecular weight is 181 g/mol. The third-order valence-corrected chi connectivity index (χ3v) is 1.90. The van der Waals surface area contributed by atoms with Gasteiger partial charge in [-0.05, 0) is 18.1 Å². The number of hydrogen-bond acceptors (Lipinski definition) is 3. The summed E-state index contributed by atoms with van der Waals surface area (Å²) in [5.74, 6) is 0. The second-order valence-corrected chi connectivity index (χ2v) is 2.60. The lowest BCUT2D eigenvalue weighted by atomic mass is 10.1. The zero-order valence-corrected chi connectivity index (χ0v) is 8.28. The number of benzene rings is 1. The van der Waals surface area contributed by atoms with Crippen molar-refractivity contribution in [2.75, 3.05) is 19.4 Å². The van der Waals surface area contributed by atoms with Crippen molar-refractivity contribution < 1.29 is 9.68 Å². The Bertz CT molecular complexity index is 259. The van der Waals surface area contributed by atoms with Crippen LogP contribution in [0.2, 0.25) is 0 Å². The molecule has 1 aromatic rings.